The van der Waals surface area contributed by atoms with Crippen LogP contribution in [0.5, 0.6) is 0 Å². The zero-order valence-corrected chi connectivity index (χ0v) is 20.0. The van der Waals surface area contributed by atoms with E-state index in [1.165, 1.54) is 19.0 Å². The molecule has 1 saturated carbocycles. The van der Waals surface area contributed by atoms with Gasteiger partial charge in [0.1, 0.15) is 17.0 Å². The number of aryl methyl sites for hydroxylation is 2. The lowest BCUT2D eigenvalue weighted by molar-refractivity contribution is -0.137. The summed E-state index contributed by atoms with van der Waals surface area (Å²) in [7, 11) is 0. The van der Waals surface area contributed by atoms with Crippen LogP contribution in [0.4, 0.5) is 19.1 Å². The van der Waals surface area contributed by atoms with Crippen LogP contribution in [0.15, 0.2) is 29.0 Å². The van der Waals surface area contributed by atoms with Gasteiger partial charge < -0.3 is 14.8 Å². The van der Waals surface area contributed by atoms with Gasteiger partial charge in [0.25, 0.3) is 0 Å². The molecule has 1 aliphatic heterocycles. The number of hydrogen-bond donors (Lipinski definition) is 2. The Balaban J connectivity index is 1.37. The van der Waals surface area contributed by atoms with Crippen LogP contribution in [0.25, 0.3) is 33.5 Å². The van der Waals surface area contributed by atoms with Gasteiger partial charge in [0.05, 0.1) is 22.6 Å². The summed E-state index contributed by atoms with van der Waals surface area (Å²) in [5.41, 5.74) is 1.82. The number of alkyl halides is 3. The predicted molar refractivity (Wildman–Crippen MR) is 128 cm³/mol. The first-order valence-electron chi connectivity index (χ1n) is 12.2. The smallest absolute Gasteiger partial charge is 0.361 e. The van der Waals surface area contributed by atoms with E-state index in [2.05, 4.69) is 35.3 Å². The van der Waals surface area contributed by atoms with Crippen molar-refractivity contribution >= 4 is 17.0 Å². The lowest BCUT2D eigenvalue weighted by Gasteiger charge is -2.43. The van der Waals surface area contributed by atoms with Gasteiger partial charge in [-0.15, -0.1) is 0 Å². The maximum absolute atomic E-state index is 14.0. The second-order valence-electron chi connectivity index (χ2n) is 9.59. The van der Waals surface area contributed by atoms with Crippen molar-refractivity contribution in [3.8, 4) is 22.5 Å². The third kappa shape index (κ3) is 3.91. The molecule has 2 aliphatic rings. The molecule has 0 amide bonds. The second-order valence-corrected chi connectivity index (χ2v) is 9.59. The number of halogens is 3. The molecule has 5 heterocycles. The van der Waals surface area contributed by atoms with Gasteiger partial charge in [-0.25, -0.2) is 15.0 Å². The quantitative estimate of drug-likeness (QED) is 0.384. The standard InChI is InChI=1S/C25H26F3N7O/c1-13-21(14(2)36-34-13)19-6-5-15-16(11-29-23(15)31-19)22-17(25(26,27)28)12-30-24(33-22)32-18-7-8-20(18)35-9-3-4-10-35/h5-6,11-12,18,20H,3-4,7-10H2,1-2H3,(H,29,31)(H,30,32,33)/t18-,20-/m0/s1. The van der Waals surface area contributed by atoms with Crippen molar-refractivity contribution < 1.29 is 17.7 Å². The Morgan fingerprint density at radius 2 is 1.92 bits per heavy atom. The van der Waals surface area contributed by atoms with Gasteiger partial charge in [-0.05, 0) is 64.8 Å². The molecule has 2 N–H and O–H groups in total. The minimum absolute atomic E-state index is 0.134. The van der Waals surface area contributed by atoms with Crippen molar-refractivity contribution in [1.82, 2.24) is 30.0 Å². The highest BCUT2D eigenvalue weighted by molar-refractivity contribution is 5.94. The lowest BCUT2D eigenvalue weighted by Crippen LogP contribution is -2.53. The Kier molecular flexibility index (Phi) is 5.47. The third-order valence-electron chi connectivity index (χ3n) is 7.34. The number of nitrogens with one attached hydrogen (secondary N) is 2. The molecule has 1 aliphatic carbocycles. The molecule has 8 nitrogen and oxygen atoms in total. The van der Waals surface area contributed by atoms with E-state index >= 15 is 0 Å². The first-order valence-corrected chi connectivity index (χ1v) is 12.2. The average Bonchev–Trinajstić information content (AvgIpc) is 3.56. The van der Waals surface area contributed by atoms with Crippen LogP contribution in [0.1, 0.15) is 42.7 Å². The van der Waals surface area contributed by atoms with Gasteiger partial charge in [0, 0.05) is 35.4 Å². The molecule has 4 aromatic heterocycles. The van der Waals surface area contributed by atoms with E-state index in [-0.39, 0.29) is 17.7 Å². The number of likely N-dealkylation sites (tertiary alicyclic amines) is 1. The third-order valence-corrected chi connectivity index (χ3v) is 7.34. The average molecular weight is 498 g/mol. The Hall–Kier alpha value is -3.47. The van der Waals surface area contributed by atoms with Crippen molar-refractivity contribution in [3.63, 3.8) is 0 Å². The molecule has 0 spiro atoms. The summed E-state index contributed by atoms with van der Waals surface area (Å²) in [5.74, 6) is 0.835. The van der Waals surface area contributed by atoms with Crippen LogP contribution in [0.2, 0.25) is 0 Å². The minimum atomic E-state index is -4.60. The highest BCUT2D eigenvalue weighted by Gasteiger charge is 2.39. The Morgan fingerprint density at radius 1 is 1.11 bits per heavy atom. The van der Waals surface area contributed by atoms with Crippen LogP contribution >= 0.6 is 0 Å². The molecule has 0 unspecified atom stereocenters. The number of rotatable bonds is 5. The molecule has 0 radical (unpaired) electrons. The summed E-state index contributed by atoms with van der Waals surface area (Å²) in [6.45, 7) is 5.75. The second kappa shape index (κ2) is 8.58. The molecule has 0 aromatic carbocycles. The number of hydrogen-bond acceptors (Lipinski definition) is 7. The summed E-state index contributed by atoms with van der Waals surface area (Å²) in [5, 5.41) is 7.80. The normalized spacial score (nSPS) is 20.7. The van der Waals surface area contributed by atoms with E-state index in [0.717, 1.165) is 37.7 Å². The summed E-state index contributed by atoms with van der Waals surface area (Å²) in [6.07, 6.45) is 2.20. The van der Waals surface area contributed by atoms with Crippen molar-refractivity contribution in [2.24, 2.45) is 0 Å². The SMILES string of the molecule is Cc1noc(C)c1-c1ccc2c(-c3nc(N[C@H]4CC[C@@H]4N4CCCC4)ncc3C(F)(F)F)c[nH]c2n1. The fourth-order valence-electron chi connectivity index (χ4n) is 5.38. The molecular weight excluding hydrogens is 471 g/mol. The highest BCUT2D eigenvalue weighted by atomic mass is 19.4. The first-order chi connectivity index (χ1) is 17.3. The van der Waals surface area contributed by atoms with E-state index in [1.54, 1.807) is 19.1 Å². The van der Waals surface area contributed by atoms with Crippen LogP contribution in [0.3, 0.4) is 0 Å². The Morgan fingerprint density at radius 3 is 2.58 bits per heavy atom. The van der Waals surface area contributed by atoms with Crippen molar-refractivity contribution in [2.75, 3.05) is 18.4 Å². The number of anilines is 1. The molecule has 1 saturated heterocycles. The molecular formula is C25H26F3N7O. The topological polar surface area (TPSA) is 95.8 Å². The highest BCUT2D eigenvalue weighted by Crippen LogP contribution is 2.39. The van der Waals surface area contributed by atoms with Gasteiger partial charge in [-0.1, -0.05) is 5.16 Å². The number of H-pyrrole nitrogens is 1. The molecule has 11 heteroatoms. The molecule has 2 fully saturated rings. The van der Waals surface area contributed by atoms with Crippen LogP contribution in [-0.2, 0) is 6.18 Å². The summed E-state index contributed by atoms with van der Waals surface area (Å²) in [6, 6.07) is 4.02. The predicted octanol–water partition coefficient (Wildman–Crippen LogP) is 5.35. The van der Waals surface area contributed by atoms with Crippen molar-refractivity contribution in [3.05, 3.63) is 41.5 Å². The van der Waals surface area contributed by atoms with E-state index < -0.39 is 11.7 Å². The maximum Gasteiger partial charge on any atom is 0.419 e. The minimum Gasteiger partial charge on any atom is -0.361 e. The molecule has 188 valence electrons. The number of nitrogens with zero attached hydrogens (tertiary/aromatic N) is 5. The molecule has 2 atom stereocenters. The number of aromatic amines is 1. The van der Waals surface area contributed by atoms with Crippen molar-refractivity contribution in [1.29, 1.82) is 0 Å². The van der Waals surface area contributed by atoms with E-state index in [9.17, 15) is 13.2 Å². The molecule has 4 aromatic rings. The fraction of sp³-hybridized carbons (Fsp3) is 0.440. The van der Waals surface area contributed by atoms with Gasteiger partial charge in [-0.2, -0.15) is 13.2 Å². The summed E-state index contributed by atoms with van der Waals surface area (Å²) in [4.78, 5) is 18.5. The van der Waals surface area contributed by atoms with Gasteiger partial charge in [0.2, 0.25) is 5.95 Å². The fourth-order valence-corrected chi connectivity index (χ4v) is 5.38. The van der Waals surface area contributed by atoms with Crippen LogP contribution in [0, 0.1) is 13.8 Å². The Bertz CT molecular complexity index is 1400. The molecule has 6 rings (SSSR count). The Labute approximate surface area is 205 Å². The van der Waals surface area contributed by atoms with Crippen molar-refractivity contribution in [2.45, 2.75) is 57.8 Å². The summed E-state index contributed by atoms with van der Waals surface area (Å²) < 4.78 is 47.1. The van der Waals surface area contributed by atoms with E-state index in [0.29, 0.717) is 39.8 Å². The molecule has 0 bridgehead atoms. The van der Waals surface area contributed by atoms with Gasteiger partial charge >= 0.3 is 6.18 Å². The lowest BCUT2D eigenvalue weighted by atomic mass is 9.85. The van der Waals surface area contributed by atoms with Crippen LogP contribution < -0.4 is 5.32 Å². The number of aromatic nitrogens is 5. The van der Waals surface area contributed by atoms with E-state index in [4.69, 9.17) is 4.52 Å². The van der Waals surface area contributed by atoms with Crippen LogP contribution in [-0.4, -0.2) is 55.2 Å². The monoisotopic (exact) mass is 497 g/mol. The number of fused-ring (bicyclic) bond motifs is 1. The maximum atomic E-state index is 14.0. The van der Waals surface area contributed by atoms with Gasteiger partial charge in [0.15, 0.2) is 0 Å². The first kappa shape index (κ1) is 23.0. The van der Waals surface area contributed by atoms with Gasteiger partial charge in [-0.3, -0.25) is 4.90 Å². The summed E-state index contributed by atoms with van der Waals surface area (Å²) >= 11 is 0. The molecule has 36 heavy (non-hydrogen) atoms. The zero-order chi connectivity index (χ0) is 25.0. The zero-order valence-electron chi connectivity index (χ0n) is 20.0. The number of pyridine rings is 1. The van der Waals surface area contributed by atoms with E-state index in [1.807, 2.05) is 6.92 Å². The largest absolute Gasteiger partial charge is 0.419 e.